The first kappa shape index (κ1) is 17.0. The first-order chi connectivity index (χ1) is 12.7. The van der Waals surface area contributed by atoms with E-state index in [9.17, 15) is 4.79 Å². The van der Waals surface area contributed by atoms with Crippen molar-refractivity contribution >= 4 is 28.5 Å². The predicted molar refractivity (Wildman–Crippen MR) is 91.9 cm³/mol. The van der Waals surface area contributed by atoms with E-state index in [2.05, 4.69) is 20.1 Å². The highest BCUT2D eigenvalue weighted by Crippen LogP contribution is 2.31. The van der Waals surface area contributed by atoms with Gasteiger partial charge in [0, 0.05) is 38.0 Å². The van der Waals surface area contributed by atoms with Crippen LogP contribution in [0.5, 0.6) is 0 Å². The predicted octanol–water partition coefficient (Wildman–Crippen LogP) is 1.75. The molecule has 10 heteroatoms. The second kappa shape index (κ2) is 7.02. The summed E-state index contributed by atoms with van der Waals surface area (Å²) in [5.74, 6) is -0.223. The smallest absolute Gasteiger partial charge is 0.316 e. The zero-order valence-corrected chi connectivity index (χ0v) is 14.7. The van der Waals surface area contributed by atoms with Crippen LogP contribution in [0.25, 0.3) is 22.4 Å². The van der Waals surface area contributed by atoms with Crippen molar-refractivity contribution in [2.45, 2.75) is 6.10 Å². The van der Waals surface area contributed by atoms with Crippen LogP contribution in [0.1, 0.15) is 10.7 Å². The molecule has 1 aliphatic heterocycles. The number of aromatic amines is 1. The molecule has 26 heavy (non-hydrogen) atoms. The van der Waals surface area contributed by atoms with Crippen LogP contribution < -0.4 is 0 Å². The number of carbonyl (C=O) groups is 1. The maximum Gasteiger partial charge on any atom is 0.316 e. The van der Waals surface area contributed by atoms with Gasteiger partial charge in [-0.25, -0.2) is 4.98 Å². The van der Waals surface area contributed by atoms with Crippen LogP contribution in [-0.4, -0.2) is 70.4 Å². The van der Waals surface area contributed by atoms with Gasteiger partial charge in [0.25, 0.3) is 0 Å². The minimum Gasteiger partial charge on any atom is -0.382 e. The second-order valence-corrected chi connectivity index (χ2v) is 6.23. The zero-order chi connectivity index (χ0) is 18.1. The molecule has 4 heterocycles. The summed E-state index contributed by atoms with van der Waals surface area (Å²) in [6, 6.07) is 1.81. The van der Waals surface area contributed by atoms with Gasteiger partial charge in [-0.05, 0) is 6.07 Å². The Morgan fingerprint density at radius 2 is 2.42 bits per heavy atom. The Balaban J connectivity index is 1.57. The molecule has 0 saturated carbocycles. The van der Waals surface area contributed by atoms with Crippen molar-refractivity contribution in [3.05, 3.63) is 29.4 Å². The molecule has 1 saturated heterocycles. The highest BCUT2D eigenvalue weighted by atomic mass is 35.5. The van der Waals surface area contributed by atoms with Crippen LogP contribution in [0.15, 0.2) is 23.0 Å². The number of halogens is 1. The summed E-state index contributed by atoms with van der Waals surface area (Å²) in [5.41, 5.74) is 1.16. The van der Waals surface area contributed by atoms with Crippen molar-refractivity contribution in [1.29, 1.82) is 0 Å². The van der Waals surface area contributed by atoms with Gasteiger partial charge < -0.3 is 23.9 Å². The number of hydrogen-bond acceptors (Lipinski definition) is 7. The lowest BCUT2D eigenvalue weighted by atomic mass is 10.2. The minimum absolute atomic E-state index is 0.0942. The van der Waals surface area contributed by atoms with Crippen LogP contribution in [0, 0.1) is 0 Å². The lowest BCUT2D eigenvalue weighted by molar-refractivity contribution is -0.0539. The summed E-state index contributed by atoms with van der Waals surface area (Å²) in [6.45, 7) is 1.70. The van der Waals surface area contributed by atoms with Gasteiger partial charge in [-0.1, -0.05) is 16.8 Å². The molecule has 0 unspecified atom stereocenters. The van der Waals surface area contributed by atoms with E-state index in [1.807, 2.05) is 6.07 Å². The fraction of sp³-hybridized carbons (Fsp3) is 0.375. The third-order valence-corrected chi connectivity index (χ3v) is 4.56. The Morgan fingerprint density at radius 1 is 1.54 bits per heavy atom. The molecule has 0 aromatic carbocycles. The maximum absolute atomic E-state index is 12.6. The molecule has 1 fully saturated rings. The topological polar surface area (TPSA) is 106 Å². The van der Waals surface area contributed by atoms with Crippen molar-refractivity contribution < 1.29 is 18.8 Å². The summed E-state index contributed by atoms with van der Waals surface area (Å²) in [4.78, 5) is 25.7. The van der Waals surface area contributed by atoms with E-state index in [0.717, 1.165) is 5.39 Å². The van der Waals surface area contributed by atoms with Crippen molar-refractivity contribution in [1.82, 2.24) is 25.0 Å². The van der Waals surface area contributed by atoms with Crippen molar-refractivity contribution in [2.75, 3.05) is 33.4 Å². The molecule has 0 aliphatic carbocycles. The number of hydrogen-bond donors (Lipinski definition) is 1. The monoisotopic (exact) mass is 377 g/mol. The van der Waals surface area contributed by atoms with E-state index in [-0.39, 0.29) is 23.7 Å². The van der Waals surface area contributed by atoms with Gasteiger partial charge in [0.2, 0.25) is 5.82 Å². The summed E-state index contributed by atoms with van der Waals surface area (Å²) in [6.07, 6.45) is 3.12. The first-order valence-electron chi connectivity index (χ1n) is 8.03. The summed E-state index contributed by atoms with van der Waals surface area (Å²) in [7, 11) is 1.59. The number of pyridine rings is 1. The number of carbonyl (C=O) groups excluding carboxylic acids is 1. The fourth-order valence-electron chi connectivity index (χ4n) is 2.88. The van der Waals surface area contributed by atoms with E-state index in [0.29, 0.717) is 42.5 Å². The lowest BCUT2D eigenvalue weighted by Crippen LogP contribution is -2.47. The van der Waals surface area contributed by atoms with Gasteiger partial charge in [-0.15, -0.1) is 0 Å². The molecule has 1 aliphatic rings. The number of H-pyrrole nitrogens is 1. The number of nitrogens with zero attached hydrogens (tertiary/aromatic N) is 4. The van der Waals surface area contributed by atoms with Crippen molar-refractivity contribution in [3.63, 3.8) is 0 Å². The summed E-state index contributed by atoms with van der Waals surface area (Å²) < 4.78 is 15.8. The number of ether oxygens (including phenoxy) is 2. The normalized spacial score (nSPS) is 17.8. The van der Waals surface area contributed by atoms with E-state index in [4.69, 9.17) is 25.6 Å². The molecule has 0 bridgehead atoms. The van der Waals surface area contributed by atoms with Crippen molar-refractivity contribution in [3.8, 4) is 11.4 Å². The SMILES string of the molecule is COC[C@H]1CN(C(=O)c2nc(-c3cnc4[nH]ccc4c3Cl)no2)CCO1. The van der Waals surface area contributed by atoms with Gasteiger partial charge >= 0.3 is 11.8 Å². The molecule has 3 aromatic heterocycles. The van der Waals surface area contributed by atoms with Crippen LogP contribution in [-0.2, 0) is 9.47 Å². The van der Waals surface area contributed by atoms with Crippen LogP contribution in [0.2, 0.25) is 5.02 Å². The maximum atomic E-state index is 12.6. The number of amides is 1. The Kier molecular flexibility index (Phi) is 4.58. The Hall–Kier alpha value is -2.49. The molecule has 0 spiro atoms. The van der Waals surface area contributed by atoms with Gasteiger partial charge in [0.15, 0.2) is 0 Å². The number of fused-ring (bicyclic) bond motifs is 1. The largest absolute Gasteiger partial charge is 0.382 e. The van der Waals surface area contributed by atoms with Gasteiger partial charge in [-0.3, -0.25) is 4.79 Å². The standard InChI is InChI=1S/C16H16ClN5O4/c1-24-8-9-7-22(4-5-25-9)16(23)15-20-14(21-26-15)11-6-19-13-10(12(11)17)2-3-18-13/h2-3,6,9H,4-5,7-8H2,1H3,(H,18,19)/t9-/m1/s1. The minimum atomic E-state index is -0.347. The molecule has 9 nitrogen and oxygen atoms in total. The number of nitrogens with one attached hydrogen (secondary N) is 1. The Labute approximate surface area is 153 Å². The molecule has 1 atom stereocenters. The summed E-state index contributed by atoms with van der Waals surface area (Å²) in [5, 5.41) is 5.08. The fourth-order valence-corrected chi connectivity index (χ4v) is 3.16. The molecule has 4 rings (SSSR count). The molecule has 136 valence electrons. The van der Waals surface area contributed by atoms with Crippen LogP contribution >= 0.6 is 11.6 Å². The highest BCUT2D eigenvalue weighted by Gasteiger charge is 2.29. The number of morpholine rings is 1. The molecular formula is C16H16ClN5O4. The average Bonchev–Trinajstić information content (AvgIpc) is 3.32. The second-order valence-electron chi connectivity index (χ2n) is 5.85. The van der Waals surface area contributed by atoms with Gasteiger partial charge in [0.1, 0.15) is 5.65 Å². The van der Waals surface area contributed by atoms with Gasteiger partial charge in [-0.2, -0.15) is 4.98 Å². The number of aromatic nitrogens is 4. The van der Waals surface area contributed by atoms with E-state index in [1.165, 1.54) is 0 Å². The van der Waals surface area contributed by atoms with Crippen molar-refractivity contribution in [2.24, 2.45) is 0 Å². The number of rotatable bonds is 4. The lowest BCUT2D eigenvalue weighted by Gasteiger charge is -2.31. The third-order valence-electron chi connectivity index (χ3n) is 4.15. The Morgan fingerprint density at radius 3 is 3.27 bits per heavy atom. The molecule has 0 radical (unpaired) electrons. The number of methoxy groups -OCH3 is 1. The van der Waals surface area contributed by atoms with E-state index in [1.54, 1.807) is 24.4 Å². The Bertz CT molecular complexity index is 938. The molecular weight excluding hydrogens is 362 g/mol. The van der Waals surface area contributed by atoms with E-state index >= 15 is 0 Å². The molecule has 1 N–H and O–H groups in total. The molecule has 1 amide bonds. The average molecular weight is 378 g/mol. The summed E-state index contributed by atoms with van der Waals surface area (Å²) >= 11 is 6.40. The van der Waals surface area contributed by atoms with E-state index < -0.39 is 0 Å². The quantitative estimate of drug-likeness (QED) is 0.738. The van der Waals surface area contributed by atoms with Gasteiger partial charge in [0.05, 0.1) is 29.9 Å². The molecule has 3 aromatic rings. The third kappa shape index (κ3) is 3.05. The zero-order valence-electron chi connectivity index (χ0n) is 13.9. The van der Waals surface area contributed by atoms with Crippen LogP contribution in [0.3, 0.4) is 0 Å². The first-order valence-corrected chi connectivity index (χ1v) is 8.40. The highest BCUT2D eigenvalue weighted by molar-refractivity contribution is 6.37. The van der Waals surface area contributed by atoms with Crippen LogP contribution in [0.4, 0.5) is 0 Å².